The van der Waals surface area contributed by atoms with Gasteiger partial charge in [-0.3, -0.25) is 9.48 Å². The molecule has 0 aliphatic carbocycles. The van der Waals surface area contributed by atoms with Gasteiger partial charge in [0.05, 0.1) is 0 Å². The van der Waals surface area contributed by atoms with Gasteiger partial charge in [0.25, 0.3) is 5.91 Å². The van der Waals surface area contributed by atoms with Crippen LogP contribution in [0.15, 0.2) is 64.5 Å². The third-order valence-electron chi connectivity index (χ3n) is 3.57. The van der Waals surface area contributed by atoms with Crippen molar-refractivity contribution in [3.63, 3.8) is 0 Å². The molecule has 1 amide bonds. The number of nitrogen functional groups attached to an aromatic ring is 1. The highest BCUT2D eigenvalue weighted by Gasteiger charge is 2.18. The average Bonchev–Trinajstić information content (AvgIpc) is 2.85. The van der Waals surface area contributed by atoms with Crippen molar-refractivity contribution in [2.75, 3.05) is 11.1 Å². The molecule has 3 rings (SSSR count). The standard InChI is InChI=1S/C18H18N4OS/c1-12-8-10-14(11-9-12)24-18-15(16(19)22(2)21-18)20-17(23)13-6-4-3-5-7-13/h3-11H,19H2,1-2H3,(H,20,23). The molecule has 0 bridgehead atoms. The van der Waals surface area contributed by atoms with Crippen molar-refractivity contribution in [1.82, 2.24) is 9.78 Å². The first kappa shape index (κ1) is 16.1. The molecule has 0 saturated carbocycles. The summed E-state index contributed by atoms with van der Waals surface area (Å²) in [5.74, 6) is 0.218. The Bertz CT molecular complexity index is 857. The molecule has 6 heteroatoms. The molecule has 0 aliphatic heterocycles. The zero-order valence-corrected chi connectivity index (χ0v) is 14.3. The normalized spacial score (nSPS) is 10.6. The summed E-state index contributed by atoms with van der Waals surface area (Å²) in [7, 11) is 1.76. The largest absolute Gasteiger partial charge is 0.382 e. The van der Waals surface area contributed by atoms with Crippen LogP contribution in [-0.4, -0.2) is 15.7 Å². The van der Waals surface area contributed by atoms with Crippen LogP contribution < -0.4 is 11.1 Å². The zero-order valence-electron chi connectivity index (χ0n) is 13.5. The predicted molar refractivity (Wildman–Crippen MR) is 97.3 cm³/mol. The molecule has 24 heavy (non-hydrogen) atoms. The highest BCUT2D eigenvalue weighted by molar-refractivity contribution is 7.99. The maximum Gasteiger partial charge on any atom is 0.255 e. The van der Waals surface area contributed by atoms with Crippen molar-refractivity contribution in [3.8, 4) is 0 Å². The van der Waals surface area contributed by atoms with Crippen LogP contribution in [0.5, 0.6) is 0 Å². The van der Waals surface area contributed by atoms with Crippen LogP contribution in [0.2, 0.25) is 0 Å². The van der Waals surface area contributed by atoms with Gasteiger partial charge in [0.2, 0.25) is 0 Å². The molecule has 1 aromatic heterocycles. The maximum atomic E-state index is 12.4. The highest BCUT2D eigenvalue weighted by atomic mass is 32.2. The smallest absolute Gasteiger partial charge is 0.255 e. The van der Waals surface area contributed by atoms with E-state index in [-0.39, 0.29) is 5.91 Å². The lowest BCUT2D eigenvalue weighted by Gasteiger charge is -2.07. The number of carbonyl (C=O) groups excluding carboxylic acids is 1. The minimum absolute atomic E-state index is 0.207. The van der Waals surface area contributed by atoms with Gasteiger partial charge in [-0.25, -0.2) is 0 Å². The van der Waals surface area contributed by atoms with Crippen LogP contribution in [0.3, 0.4) is 0 Å². The van der Waals surface area contributed by atoms with Gasteiger partial charge < -0.3 is 11.1 Å². The highest BCUT2D eigenvalue weighted by Crippen LogP contribution is 2.36. The number of benzene rings is 2. The van der Waals surface area contributed by atoms with Crippen LogP contribution in [0.25, 0.3) is 0 Å². The van der Waals surface area contributed by atoms with E-state index >= 15 is 0 Å². The number of carbonyl (C=O) groups is 1. The number of rotatable bonds is 4. The Morgan fingerprint density at radius 1 is 1.12 bits per heavy atom. The summed E-state index contributed by atoms with van der Waals surface area (Å²) in [6.07, 6.45) is 0. The van der Waals surface area contributed by atoms with Gasteiger partial charge in [-0.05, 0) is 31.2 Å². The molecule has 3 aromatic rings. The van der Waals surface area contributed by atoms with E-state index in [0.29, 0.717) is 22.1 Å². The van der Waals surface area contributed by atoms with Crippen molar-refractivity contribution < 1.29 is 4.79 Å². The third-order valence-corrected chi connectivity index (χ3v) is 4.56. The van der Waals surface area contributed by atoms with Crippen LogP contribution in [0.1, 0.15) is 15.9 Å². The fourth-order valence-electron chi connectivity index (χ4n) is 2.19. The number of hydrogen-bond acceptors (Lipinski definition) is 4. The summed E-state index contributed by atoms with van der Waals surface area (Å²) >= 11 is 1.47. The first-order valence-electron chi connectivity index (χ1n) is 7.48. The molecule has 1 heterocycles. The molecule has 5 nitrogen and oxygen atoms in total. The second kappa shape index (κ2) is 6.80. The SMILES string of the molecule is Cc1ccc(Sc2nn(C)c(N)c2NC(=O)c2ccccc2)cc1. The van der Waals surface area contributed by atoms with Gasteiger partial charge in [-0.1, -0.05) is 47.7 Å². The van der Waals surface area contributed by atoms with E-state index in [4.69, 9.17) is 5.73 Å². The quantitative estimate of drug-likeness (QED) is 0.760. The Labute approximate surface area is 144 Å². The number of aryl methyl sites for hydroxylation is 2. The summed E-state index contributed by atoms with van der Waals surface area (Å²) in [5.41, 5.74) is 8.39. The van der Waals surface area contributed by atoms with Gasteiger partial charge in [0.1, 0.15) is 16.5 Å². The number of aromatic nitrogens is 2. The molecular formula is C18H18N4OS. The number of anilines is 2. The molecule has 0 unspecified atom stereocenters. The van der Waals surface area contributed by atoms with Gasteiger partial charge >= 0.3 is 0 Å². The minimum Gasteiger partial charge on any atom is -0.382 e. The van der Waals surface area contributed by atoms with Gasteiger partial charge in [0, 0.05) is 17.5 Å². The zero-order chi connectivity index (χ0) is 17.1. The molecule has 0 fully saturated rings. The van der Waals surface area contributed by atoms with Crippen LogP contribution in [0.4, 0.5) is 11.5 Å². The van der Waals surface area contributed by atoms with Crippen LogP contribution >= 0.6 is 11.8 Å². The topological polar surface area (TPSA) is 72.9 Å². The second-order valence-corrected chi connectivity index (χ2v) is 6.49. The Balaban J connectivity index is 1.87. The summed E-state index contributed by atoms with van der Waals surface area (Å²) in [6.45, 7) is 2.04. The van der Waals surface area contributed by atoms with E-state index in [1.54, 1.807) is 23.9 Å². The number of nitrogens with zero attached hydrogens (tertiary/aromatic N) is 2. The lowest BCUT2D eigenvalue weighted by atomic mass is 10.2. The third kappa shape index (κ3) is 3.44. The van der Waals surface area contributed by atoms with Crippen molar-refractivity contribution in [1.29, 1.82) is 0 Å². The monoisotopic (exact) mass is 338 g/mol. The fraction of sp³-hybridized carbons (Fsp3) is 0.111. The molecular weight excluding hydrogens is 320 g/mol. The summed E-state index contributed by atoms with van der Waals surface area (Å²) in [4.78, 5) is 13.4. The summed E-state index contributed by atoms with van der Waals surface area (Å²) in [5, 5.41) is 7.96. The fourth-order valence-corrected chi connectivity index (χ4v) is 3.11. The summed E-state index contributed by atoms with van der Waals surface area (Å²) < 4.78 is 1.57. The number of amides is 1. The minimum atomic E-state index is -0.207. The van der Waals surface area contributed by atoms with E-state index in [2.05, 4.69) is 10.4 Å². The second-order valence-electron chi connectivity index (χ2n) is 5.42. The Hall–Kier alpha value is -2.73. The molecule has 0 atom stereocenters. The average molecular weight is 338 g/mol. The van der Waals surface area contributed by atoms with Crippen molar-refractivity contribution >= 4 is 29.2 Å². The molecule has 0 spiro atoms. The molecule has 122 valence electrons. The predicted octanol–water partition coefficient (Wildman–Crippen LogP) is 3.71. The van der Waals surface area contributed by atoms with E-state index in [1.165, 1.54) is 17.3 Å². The first-order chi connectivity index (χ1) is 11.5. The van der Waals surface area contributed by atoms with Gasteiger partial charge in [-0.15, -0.1) is 0 Å². The maximum absolute atomic E-state index is 12.4. The molecule has 0 saturated heterocycles. The van der Waals surface area contributed by atoms with E-state index in [9.17, 15) is 4.79 Å². The first-order valence-corrected chi connectivity index (χ1v) is 8.29. The van der Waals surface area contributed by atoms with Gasteiger partial charge in [0.15, 0.2) is 0 Å². The summed E-state index contributed by atoms with van der Waals surface area (Å²) in [6, 6.07) is 17.2. The molecule has 2 aromatic carbocycles. The lowest BCUT2D eigenvalue weighted by molar-refractivity contribution is 0.102. The van der Waals surface area contributed by atoms with Crippen LogP contribution in [0, 0.1) is 6.92 Å². The van der Waals surface area contributed by atoms with Crippen molar-refractivity contribution in [2.24, 2.45) is 7.05 Å². The number of nitrogens with one attached hydrogen (secondary N) is 1. The van der Waals surface area contributed by atoms with Crippen molar-refractivity contribution in [2.45, 2.75) is 16.8 Å². The van der Waals surface area contributed by atoms with E-state index in [0.717, 1.165) is 4.90 Å². The molecule has 3 N–H and O–H groups in total. The Morgan fingerprint density at radius 3 is 2.46 bits per heavy atom. The Kier molecular flexibility index (Phi) is 4.57. The number of nitrogens with two attached hydrogens (primary N) is 1. The van der Waals surface area contributed by atoms with Crippen molar-refractivity contribution in [3.05, 3.63) is 65.7 Å². The molecule has 0 radical (unpaired) electrons. The van der Waals surface area contributed by atoms with E-state index in [1.807, 2.05) is 49.4 Å². The molecule has 0 aliphatic rings. The van der Waals surface area contributed by atoms with Gasteiger partial charge in [-0.2, -0.15) is 5.10 Å². The lowest BCUT2D eigenvalue weighted by Crippen LogP contribution is -2.13. The Morgan fingerprint density at radius 2 is 1.79 bits per heavy atom. The number of hydrogen-bond donors (Lipinski definition) is 2. The van der Waals surface area contributed by atoms with Crippen LogP contribution in [-0.2, 0) is 7.05 Å². The van der Waals surface area contributed by atoms with E-state index < -0.39 is 0 Å².